The van der Waals surface area contributed by atoms with Gasteiger partial charge in [-0.2, -0.15) is 0 Å². The molecule has 0 aromatic heterocycles. The maximum atomic E-state index is 12.5. The molecule has 0 saturated carbocycles. The number of carbonyl (C=O) groups excluding carboxylic acids is 1. The number of ether oxygens (including phenoxy) is 1. The first-order valence-electron chi connectivity index (χ1n) is 7.22. The van der Waals surface area contributed by atoms with Crippen LogP contribution in [0.15, 0.2) is 24.3 Å². The van der Waals surface area contributed by atoms with E-state index < -0.39 is 11.4 Å². The van der Waals surface area contributed by atoms with Gasteiger partial charge in [-0.25, -0.2) is 4.79 Å². The quantitative estimate of drug-likeness (QED) is 0.636. The van der Waals surface area contributed by atoms with Crippen LogP contribution in [-0.2, 0) is 4.79 Å². The topological polar surface area (TPSA) is 63.6 Å². The lowest BCUT2D eigenvalue weighted by atomic mass is 9.73. The molecule has 1 atom stereocenters. The average Bonchev–Trinajstić information content (AvgIpc) is 2.38. The summed E-state index contributed by atoms with van der Waals surface area (Å²) in [6, 6.07) is 5.88. The number of aromatic carboxylic acids is 1. The van der Waals surface area contributed by atoms with E-state index in [0.29, 0.717) is 11.7 Å². The van der Waals surface area contributed by atoms with Crippen LogP contribution >= 0.6 is 0 Å². The zero-order valence-electron chi connectivity index (χ0n) is 13.3. The number of rotatable bonds is 6. The van der Waals surface area contributed by atoms with Crippen molar-refractivity contribution in [1.82, 2.24) is 0 Å². The Hall–Kier alpha value is -1.84. The molecule has 1 unspecified atom stereocenters. The number of benzene rings is 1. The molecule has 0 spiro atoms. The minimum atomic E-state index is -1.00. The molecule has 0 aliphatic carbocycles. The number of carboxylic acid groups (broad SMARTS) is 1. The van der Waals surface area contributed by atoms with Gasteiger partial charge in [-0.1, -0.05) is 27.7 Å². The third kappa shape index (κ3) is 4.31. The van der Waals surface area contributed by atoms with Crippen molar-refractivity contribution in [1.29, 1.82) is 0 Å². The van der Waals surface area contributed by atoms with Gasteiger partial charge in [0.25, 0.3) is 0 Å². The van der Waals surface area contributed by atoms with Crippen molar-refractivity contribution >= 4 is 11.9 Å². The summed E-state index contributed by atoms with van der Waals surface area (Å²) in [5.74, 6) is -0.348. The highest BCUT2D eigenvalue weighted by Crippen LogP contribution is 2.36. The monoisotopic (exact) mass is 292 g/mol. The first-order valence-corrected chi connectivity index (χ1v) is 7.22. The zero-order chi connectivity index (χ0) is 16.2. The van der Waals surface area contributed by atoms with E-state index in [9.17, 15) is 9.59 Å². The van der Waals surface area contributed by atoms with Crippen LogP contribution in [-0.4, -0.2) is 17.0 Å². The van der Waals surface area contributed by atoms with Crippen LogP contribution in [0.25, 0.3) is 0 Å². The lowest BCUT2D eigenvalue weighted by Crippen LogP contribution is -2.38. The summed E-state index contributed by atoms with van der Waals surface area (Å²) >= 11 is 0. The Morgan fingerprint density at radius 1 is 1.14 bits per heavy atom. The molecule has 0 bridgehead atoms. The molecule has 0 heterocycles. The first kappa shape index (κ1) is 17.2. The first-order chi connectivity index (χ1) is 9.66. The van der Waals surface area contributed by atoms with Crippen molar-refractivity contribution in [3.8, 4) is 5.75 Å². The standard InChI is InChI=1S/C17H24O4/c1-11(2)10-17(5,12(3)4)16(20)21-14-8-6-13(7-9-14)15(18)19/h6-9,11-12H,10H2,1-5H3,(H,18,19). The predicted molar refractivity (Wildman–Crippen MR) is 81.4 cm³/mol. The summed E-state index contributed by atoms with van der Waals surface area (Å²) in [6.07, 6.45) is 0.747. The molecule has 0 radical (unpaired) electrons. The Bertz CT molecular complexity index is 502. The Balaban J connectivity index is 2.89. The Morgan fingerprint density at radius 2 is 1.67 bits per heavy atom. The minimum absolute atomic E-state index is 0.158. The van der Waals surface area contributed by atoms with E-state index in [2.05, 4.69) is 13.8 Å². The van der Waals surface area contributed by atoms with Crippen molar-refractivity contribution in [2.45, 2.75) is 41.0 Å². The van der Waals surface area contributed by atoms with Gasteiger partial charge in [0.2, 0.25) is 0 Å². The molecule has 0 fully saturated rings. The summed E-state index contributed by atoms with van der Waals surface area (Å²) in [5, 5.41) is 8.85. The molecule has 0 saturated heterocycles. The number of esters is 1. The third-order valence-electron chi connectivity index (χ3n) is 3.88. The van der Waals surface area contributed by atoms with Crippen LogP contribution in [0.3, 0.4) is 0 Å². The van der Waals surface area contributed by atoms with Crippen LogP contribution < -0.4 is 4.74 Å². The van der Waals surface area contributed by atoms with E-state index in [-0.39, 0.29) is 17.5 Å². The number of carbonyl (C=O) groups is 2. The normalized spacial score (nSPS) is 14.0. The Labute approximate surface area is 126 Å². The van der Waals surface area contributed by atoms with E-state index >= 15 is 0 Å². The van der Waals surface area contributed by atoms with Crippen LogP contribution in [0.5, 0.6) is 5.75 Å². The average molecular weight is 292 g/mol. The second kappa shape index (κ2) is 6.74. The Kier molecular flexibility index (Phi) is 5.53. The number of hydrogen-bond acceptors (Lipinski definition) is 3. The van der Waals surface area contributed by atoms with Crippen molar-refractivity contribution in [2.75, 3.05) is 0 Å². The largest absolute Gasteiger partial charge is 0.478 e. The maximum absolute atomic E-state index is 12.5. The van der Waals surface area contributed by atoms with Crippen LogP contribution in [0.1, 0.15) is 51.4 Å². The fourth-order valence-corrected chi connectivity index (χ4v) is 2.29. The molecule has 4 nitrogen and oxygen atoms in total. The Morgan fingerprint density at radius 3 is 2.05 bits per heavy atom. The summed E-state index contributed by atoms with van der Waals surface area (Å²) in [5.41, 5.74) is -0.386. The second-order valence-corrected chi connectivity index (χ2v) is 6.39. The van der Waals surface area contributed by atoms with Crippen molar-refractivity contribution in [3.05, 3.63) is 29.8 Å². The van der Waals surface area contributed by atoms with Gasteiger partial charge in [-0.15, -0.1) is 0 Å². The van der Waals surface area contributed by atoms with Gasteiger partial charge in [0.1, 0.15) is 5.75 Å². The summed E-state index contributed by atoms with van der Waals surface area (Å²) in [6.45, 7) is 10.1. The molecule has 0 aliphatic rings. The van der Waals surface area contributed by atoms with Gasteiger partial charge in [0.15, 0.2) is 0 Å². The molecule has 1 aromatic carbocycles. The third-order valence-corrected chi connectivity index (χ3v) is 3.88. The van der Waals surface area contributed by atoms with Gasteiger partial charge in [0, 0.05) is 0 Å². The predicted octanol–water partition coefficient (Wildman–Crippen LogP) is 4.00. The highest BCUT2D eigenvalue weighted by molar-refractivity contribution is 5.87. The molecule has 1 aromatic rings. The zero-order valence-corrected chi connectivity index (χ0v) is 13.3. The molecular formula is C17H24O4. The summed E-state index contributed by atoms with van der Waals surface area (Å²) in [7, 11) is 0. The van der Waals surface area contributed by atoms with E-state index in [1.165, 1.54) is 24.3 Å². The number of carboxylic acids is 1. The van der Waals surface area contributed by atoms with Gasteiger partial charge in [0.05, 0.1) is 11.0 Å². The SMILES string of the molecule is CC(C)CC(C)(C(=O)Oc1ccc(C(=O)O)cc1)C(C)C. The van der Waals surface area contributed by atoms with E-state index in [1.54, 1.807) is 0 Å². The van der Waals surface area contributed by atoms with Crippen LogP contribution in [0.4, 0.5) is 0 Å². The molecule has 21 heavy (non-hydrogen) atoms. The van der Waals surface area contributed by atoms with Crippen molar-refractivity contribution < 1.29 is 19.4 Å². The van der Waals surface area contributed by atoms with Crippen molar-refractivity contribution in [2.24, 2.45) is 17.3 Å². The van der Waals surface area contributed by atoms with E-state index in [4.69, 9.17) is 9.84 Å². The number of hydrogen-bond donors (Lipinski definition) is 1. The lowest BCUT2D eigenvalue weighted by molar-refractivity contribution is -0.148. The van der Waals surface area contributed by atoms with E-state index in [0.717, 1.165) is 6.42 Å². The van der Waals surface area contributed by atoms with Gasteiger partial charge in [-0.05, 0) is 49.4 Å². The molecule has 116 valence electrons. The highest BCUT2D eigenvalue weighted by atomic mass is 16.5. The highest BCUT2D eigenvalue weighted by Gasteiger charge is 2.39. The molecule has 0 aliphatic heterocycles. The maximum Gasteiger partial charge on any atom is 0.335 e. The molecule has 4 heteroatoms. The smallest absolute Gasteiger partial charge is 0.335 e. The van der Waals surface area contributed by atoms with Gasteiger partial charge >= 0.3 is 11.9 Å². The van der Waals surface area contributed by atoms with Crippen LogP contribution in [0, 0.1) is 17.3 Å². The second-order valence-electron chi connectivity index (χ2n) is 6.39. The fourth-order valence-electron chi connectivity index (χ4n) is 2.29. The summed E-state index contributed by atoms with van der Waals surface area (Å²) in [4.78, 5) is 23.3. The molecule has 1 N–H and O–H groups in total. The molecule has 0 amide bonds. The van der Waals surface area contributed by atoms with Gasteiger partial charge in [-0.3, -0.25) is 4.79 Å². The summed E-state index contributed by atoms with van der Waals surface area (Å²) < 4.78 is 5.44. The molecular weight excluding hydrogens is 268 g/mol. The van der Waals surface area contributed by atoms with Gasteiger partial charge < -0.3 is 9.84 Å². The van der Waals surface area contributed by atoms with Crippen LogP contribution in [0.2, 0.25) is 0 Å². The lowest BCUT2D eigenvalue weighted by Gasteiger charge is -2.32. The molecule has 1 rings (SSSR count). The fraction of sp³-hybridized carbons (Fsp3) is 0.529. The van der Waals surface area contributed by atoms with Crippen molar-refractivity contribution in [3.63, 3.8) is 0 Å². The van der Waals surface area contributed by atoms with E-state index in [1.807, 2.05) is 20.8 Å². The minimum Gasteiger partial charge on any atom is -0.478 e.